The highest BCUT2D eigenvalue weighted by molar-refractivity contribution is 5.48. The van der Waals surface area contributed by atoms with Gasteiger partial charge in [0.1, 0.15) is 23.0 Å². The molecule has 5 nitrogen and oxygen atoms in total. The molecule has 0 N–H and O–H groups in total. The molecule has 0 aliphatic carbocycles. The van der Waals surface area contributed by atoms with Gasteiger partial charge in [-0.15, -0.1) is 0 Å². The van der Waals surface area contributed by atoms with Crippen molar-refractivity contribution in [3.63, 3.8) is 0 Å². The molecule has 37 heavy (non-hydrogen) atoms. The zero-order valence-corrected chi connectivity index (χ0v) is 22.0. The second kappa shape index (κ2) is 12.7. The molecule has 4 aromatic carbocycles. The Morgan fingerprint density at radius 2 is 0.919 bits per heavy atom. The zero-order chi connectivity index (χ0) is 26.0. The first-order valence-electron chi connectivity index (χ1n) is 12.4. The number of ether oxygens (including phenoxy) is 5. The van der Waals surface area contributed by atoms with Crippen molar-refractivity contribution in [2.45, 2.75) is 25.7 Å². The topological polar surface area (TPSA) is 46.2 Å². The van der Waals surface area contributed by atoms with Crippen LogP contribution in [0.2, 0.25) is 0 Å². The van der Waals surface area contributed by atoms with E-state index in [4.69, 9.17) is 23.7 Å². The van der Waals surface area contributed by atoms with Crippen molar-refractivity contribution in [2.24, 2.45) is 0 Å². The Labute approximate surface area is 219 Å². The molecule has 0 radical (unpaired) electrons. The second-order valence-corrected chi connectivity index (χ2v) is 8.81. The predicted molar refractivity (Wildman–Crippen MR) is 147 cm³/mol. The lowest BCUT2D eigenvalue weighted by molar-refractivity contribution is 0.375. The van der Waals surface area contributed by atoms with Gasteiger partial charge in [0.2, 0.25) is 0 Å². The molecule has 0 spiro atoms. The fourth-order valence-electron chi connectivity index (χ4n) is 4.27. The van der Waals surface area contributed by atoms with E-state index in [2.05, 4.69) is 48.5 Å². The molecule has 0 heterocycles. The monoisotopic (exact) mass is 498 g/mol. The third-order valence-electron chi connectivity index (χ3n) is 6.30. The van der Waals surface area contributed by atoms with Gasteiger partial charge >= 0.3 is 0 Å². The van der Waals surface area contributed by atoms with Gasteiger partial charge in [0.15, 0.2) is 11.5 Å². The van der Waals surface area contributed by atoms with Gasteiger partial charge in [-0.1, -0.05) is 30.3 Å². The molecule has 0 aliphatic rings. The van der Waals surface area contributed by atoms with E-state index in [9.17, 15) is 0 Å². The van der Waals surface area contributed by atoms with Gasteiger partial charge in [-0.2, -0.15) is 0 Å². The maximum absolute atomic E-state index is 6.36. The van der Waals surface area contributed by atoms with Gasteiger partial charge < -0.3 is 23.7 Å². The predicted octanol–water partition coefficient (Wildman–Crippen LogP) is 7.08. The molecule has 192 valence electrons. The Morgan fingerprint density at radius 1 is 0.405 bits per heavy atom. The van der Waals surface area contributed by atoms with Crippen molar-refractivity contribution in [1.82, 2.24) is 0 Å². The minimum Gasteiger partial charge on any atom is -0.497 e. The largest absolute Gasteiger partial charge is 0.497 e. The van der Waals surface area contributed by atoms with Gasteiger partial charge in [-0.25, -0.2) is 0 Å². The smallest absolute Gasteiger partial charge is 0.169 e. The van der Waals surface area contributed by atoms with Crippen LogP contribution in [-0.2, 0) is 25.7 Å². The lowest BCUT2D eigenvalue weighted by Gasteiger charge is -2.14. The van der Waals surface area contributed by atoms with Crippen molar-refractivity contribution in [2.75, 3.05) is 28.4 Å². The van der Waals surface area contributed by atoms with Crippen molar-refractivity contribution in [3.8, 4) is 34.5 Å². The van der Waals surface area contributed by atoms with Crippen LogP contribution in [-0.4, -0.2) is 28.4 Å². The van der Waals surface area contributed by atoms with Crippen molar-refractivity contribution in [3.05, 3.63) is 107 Å². The number of hydrogen-bond donors (Lipinski definition) is 0. The molecular formula is C32H34O5. The third-order valence-corrected chi connectivity index (χ3v) is 6.30. The van der Waals surface area contributed by atoms with Crippen LogP contribution >= 0.6 is 0 Å². The van der Waals surface area contributed by atoms with Gasteiger partial charge in [0.25, 0.3) is 0 Å². The summed E-state index contributed by atoms with van der Waals surface area (Å²) in [7, 11) is 6.70. The molecule has 0 bridgehead atoms. The van der Waals surface area contributed by atoms with E-state index >= 15 is 0 Å². The van der Waals surface area contributed by atoms with E-state index in [1.807, 2.05) is 36.4 Å². The van der Waals surface area contributed by atoms with Crippen molar-refractivity contribution >= 4 is 0 Å². The summed E-state index contributed by atoms with van der Waals surface area (Å²) in [5, 5.41) is 0. The first-order chi connectivity index (χ1) is 18.1. The Kier molecular flexibility index (Phi) is 8.93. The third kappa shape index (κ3) is 7.20. The fraction of sp³-hybridized carbons (Fsp3) is 0.250. The quantitative estimate of drug-likeness (QED) is 0.209. The van der Waals surface area contributed by atoms with Gasteiger partial charge in [-0.05, 0) is 96.5 Å². The lowest BCUT2D eigenvalue weighted by atomic mass is 10.0. The summed E-state index contributed by atoms with van der Waals surface area (Å²) in [5.41, 5.74) is 4.74. The van der Waals surface area contributed by atoms with Crippen LogP contribution in [0.5, 0.6) is 34.5 Å². The van der Waals surface area contributed by atoms with E-state index in [0.717, 1.165) is 48.5 Å². The maximum atomic E-state index is 6.36. The maximum Gasteiger partial charge on any atom is 0.169 e. The van der Waals surface area contributed by atoms with Crippen LogP contribution in [0, 0.1) is 0 Å². The van der Waals surface area contributed by atoms with E-state index in [-0.39, 0.29) is 0 Å². The summed E-state index contributed by atoms with van der Waals surface area (Å²) in [6.45, 7) is 0. The summed E-state index contributed by atoms with van der Waals surface area (Å²) < 4.78 is 28.2. The molecule has 0 fully saturated rings. The SMILES string of the molecule is COc1cccc(CCc2cc(OC)cc(Oc3cc(CCc4cccc(OC)c4)ccc3OC)c2)c1. The van der Waals surface area contributed by atoms with Crippen LogP contribution in [0.3, 0.4) is 0 Å². The van der Waals surface area contributed by atoms with E-state index < -0.39 is 0 Å². The van der Waals surface area contributed by atoms with E-state index in [1.165, 1.54) is 16.7 Å². The first kappa shape index (κ1) is 26.0. The number of benzene rings is 4. The van der Waals surface area contributed by atoms with Crippen LogP contribution in [0.25, 0.3) is 0 Å². The molecule has 0 unspecified atom stereocenters. The molecule has 0 aromatic heterocycles. The van der Waals surface area contributed by atoms with E-state index in [0.29, 0.717) is 17.2 Å². The summed E-state index contributed by atoms with van der Waals surface area (Å²) in [6, 6.07) is 28.4. The van der Waals surface area contributed by atoms with Crippen LogP contribution < -0.4 is 23.7 Å². The van der Waals surface area contributed by atoms with Gasteiger partial charge in [0, 0.05) is 6.07 Å². The molecule has 5 heteroatoms. The van der Waals surface area contributed by atoms with Crippen LogP contribution in [0.15, 0.2) is 84.9 Å². The Bertz CT molecular complexity index is 1310. The van der Waals surface area contributed by atoms with Crippen molar-refractivity contribution in [1.29, 1.82) is 0 Å². The number of methoxy groups -OCH3 is 4. The number of aryl methyl sites for hydroxylation is 4. The zero-order valence-electron chi connectivity index (χ0n) is 22.0. The highest BCUT2D eigenvalue weighted by Crippen LogP contribution is 2.35. The molecule has 0 aliphatic heterocycles. The summed E-state index contributed by atoms with van der Waals surface area (Å²) in [6.07, 6.45) is 3.50. The fourth-order valence-corrected chi connectivity index (χ4v) is 4.27. The highest BCUT2D eigenvalue weighted by Gasteiger charge is 2.11. The molecule has 4 aromatic rings. The van der Waals surface area contributed by atoms with Gasteiger partial charge in [0.05, 0.1) is 28.4 Å². The van der Waals surface area contributed by atoms with Gasteiger partial charge in [-0.3, -0.25) is 0 Å². The first-order valence-corrected chi connectivity index (χ1v) is 12.4. The molecule has 0 amide bonds. The lowest BCUT2D eigenvalue weighted by Crippen LogP contribution is -1.97. The Balaban J connectivity index is 1.50. The minimum atomic E-state index is 0.678. The average Bonchev–Trinajstić information content (AvgIpc) is 2.95. The average molecular weight is 499 g/mol. The summed E-state index contributed by atoms with van der Waals surface area (Å²) in [5.74, 6) is 4.57. The van der Waals surface area contributed by atoms with E-state index in [1.54, 1.807) is 28.4 Å². The standard InChI is InChI=1S/C32H34O5/c1-33-27-9-5-7-23(17-27)11-12-25-15-16-31(36-4)32(21-25)37-30-20-26(19-29(22-30)35-3)14-13-24-8-6-10-28(18-24)34-2/h5-10,15-22H,11-14H2,1-4H3. The summed E-state index contributed by atoms with van der Waals surface area (Å²) in [4.78, 5) is 0. The second-order valence-electron chi connectivity index (χ2n) is 8.81. The molecule has 0 atom stereocenters. The Morgan fingerprint density at radius 3 is 1.49 bits per heavy atom. The summed E-state index contributed by atoms with van der Waals surface area (Å²) >= 11 is 0. The normalized spacial score (nSPS) is 10.6. The Hall–Kier alpha value is -4.12. The highest BCUT2D eigenvalue weighted by atomic mass is 16.5. The van der Waals surface area contributed by atoms with Crippen LogP contribution in [0.4, 0.5) is 0 Å². The molecule has 0 saturated heterocycles. The number of rotatable bonds is 12. The van der Waals surface area contributed by atoms with Crippen molar-refractivity contribution < 1.29 is 23.7 Å². The van der Waals surface area contributed by atoms with Crippen LogP contribution in [0.1, 0.15) is 22.3 Å². The molecule has 4 rings (SSSR count). The molecular weight excluding hydrogens is 464 g/mol. The number of hydrogen-bond acceptors (Lipinski definition) is 5. The molecule has 0 saturated carbocycles. The minimum absolute atomic E-state index is 0.678.